The number of benzene rings is 1. The maximum atomic E-state index is 9.56. The Bertz CT molecular complexity index is 924. The van der Waals surface area contributed by atoms with E-state index >= 15 is 0 Å². The molecule has 0 N–H and O–H groups in total. The Kier molecular flexibility index (Phi) is 4.31. The Morgan fingerprint density at radius 2 is 1.88 bits per heavy atom. The smallest absolute Gasteiger partial charge is 0.0998 e. The molecule has 2 heterocycles. The number of nitrogens with zero attached hydrogens (tertiary/aromatic N) is 3. The molecule has 118 valence electrons. The first-order valence-corrected chi connectivity index (χ1v) is 7.88. The van der Waals surface area contributed by atoms with Crippen LogP contribution in [0.25, 0.3) is 17.3 Å². The molecule has 0 saturated carbocycles. The summed E-state index contributed by atoms with van der Waals surface area (Å²) in [6.07, 6.45) is 5.57. The normalized spacial score (nSPS) is 11.3. The molecule has 24 heavy (non-hydrogen) atoms. The average Bonchev–Trinajstić information content (AvgIpc) is 2.88. The van der Waals surface area contributed by atoms with Gasteiger partial charge in [0.05, 0.1) is 23.5 Å². The topological polar surface area (TPSA) is 41.6 Å². The van der Waals surface area contributed by atoms with Crippen LogP contribution >= 0.6 is 0 Å². The van der Waals surface area contributed by atoms with Crippen LogP contribution in [0.15, 0.2) is 54.9 Å². The highest BCUT2D eigenvalue weighted by molar-refractivity contribution is 5.90. The standard InChI is InChI=1S/C21H19N3/c1-15-6-8-18(9-7-15)20(13-22)12-19-11-16(2)24(17(19)3)21-5-4-10-23-14-21/h4-12,14H,1-3H3/b20-12-. The Morgan fingerprint density at radius 1 is 1.12 bits per heavy atom. The SMILES string of the molecule is Cc1ccc(/C(C#N)=C\c2cc(C)n(-c3cccnc3)c2C)cc1. The molecular formula is C21H19N3. The third kappa shape index (κ3) is 3.00. The number of aryl methyl sites for hydroxylation is 2. The summed E-state index contributed by atoms with van der Waals surface area (Å²) in [5.41, 5.74) is 7.09. The van der Waals surface area contributed by atoms with Gasteiger partial charge in [0, 0.05) is 17.6 Å². The largest absolute Gasteiger partial charge is 0.316 e. The second-order valence-electron chi connectivity index (χ2n) is 5.91. The van der Waals surface area contributed by atoms with Crippen molar-refractivity contribution >= 4 is 11.6 Å². The molecule has 0 spiro atoms. The zero-order chi connectivity index (χ0) is 17.1. The van der Waals surface area contributed by atoms with E-state index in [0.29, 0.717) is 5.57 Å². The molecule has 0 atom stereocenters. The minimum absolute atomic E-state index is 0.668. The van der Waals surface area contributed by atoms with Crippen molar-refractivity contribution in [1.82, 2.24) is 9.55 Å². The summed E-state index contributed by atoms with van der Waals surface area (Å²) in [6.45, 7) is 6.17. The van der Waals surface area contributed by atoms with Gasteiger partial charge in [0.15, 0.2) is 0 Å². The van der Waals surface area contributed by atoms with Gasteiger partial charge in [0.2, 0.25) is 0 Å². The minimum atomic E-state index is 0.668. The molecule has 3 aromatic rings. The highest BCUT2D eigenvalue weighted by Crippen LogP contribution is 2.25. The van der Waals surface area contributed by atoms with E-state index in [1.165, 1.54) is 5.56 Å². The second kappa shape index (κ2) is 6.55. The van der Waals surface area contributed by atoms with Gasteiger partial charge < -0.3 is 4.57 Å². The fraction of sp³-hybridized carbons (Fsp3) is 0.143. The van der Waals surface area contributed by atoms with Crippen LogP contribution in [-0.2, 0) is 0 Å². The van der Waals surface area contributed by atoms with Crippen LogP contribution in [0, 0.1) is 32.1 Å². The van der Waals surface area contributed by atoms with Gasteiger partial charge in [-0.15, -0.1) is 0 Å². The molecule has 3 nitrogen and oxygen atoms in total. The van der Waals surface area contributed by atoms with E-state index in [2.05, 4.69) is 35.5 Å². The summed E-state index contributed by atoms with van der Waals surface area (Å²) >= 11 is 0. The second-order valence-corrected chi connectivity index (χ2v) is 5.91. The molecule has 0 radical (unpaired) electrons. The highest BCUT2D eigenvalue weighted by atomic mass is 15.0. The summed E-state index contributed by atoms with van der Waals surface area (Å²) < 4.78 is 2.16. The van der Waals surface area contributed by atoms with Crippen molar-refractivity contribution in [3.63, 3.8) is 0 Å². The van der Waals surface area contributed by atoms with Gasteiger partial charge in [-0.2, -0.15) is 5.26 Å². The number of hydrogen-bond donors (Lipinski definition) is 0. The zero-order valence-electron chi connectivity index (χ0n) is 14.1. The van der Waals surface area contributed by atoms with E-state index < -0.39 is 0 Å². The van der Waals surface area contributed by atoms with Crippen LogP contribution in [0.1, 0.15) is 28.1 Å². The molecule has 1 aromatic carbocycles. The number of allylic oxidation sites excluding steroid dienone is 1. The lowest BCUT2D eigenvalue weighted by molar-refractivity contribution is 0.954. The Balaban J connectivity index is 2.07. The van der Waals surface area contributed by atoms with Crippen molar-refractivity contribution in [3.05, 3.63) is 82.9 Å². The van der Waals surface area contributed by atoms with Crippen LogP contribution in [-0.4, -0.2) is 9.55 Å². The summed E-state index contributed by atoms with van der Waals surface area (Å²) in [4.78, 5) is 4.20. The quantitative estimate of drug-likeness (QED) is 0.648. The van der Waals surface area contributed by atoms with Crippen molar-refractivity contribution in [2.45, 2.75) is 20.8 Å². The molecule has 0 fully saturated rings. The lowest BCUT2D eigenvalue weighted by Gasteiger charge is -2.08. The van der Waals surface area contributed by atoms with Crippen LogP contribution < -0.4 is 0 Å². The first-order chi connectivity index (χ1) is 11.6. The van der Waals surface area contributed by atoms with Gasteiger partial charge in [-0.3, -0.25) is 4.98 Å². The Hall–Kier alpha value is -3.12. The van der Waals surface area contributed by atoms with Crippen LogP contribution in [0.5, 0.6) is 0 Å². The van der Waals surface area contributed by atoms with Crippen molar-refractivity contribution in [2.24, 2.45) is 0 Å². The third-order valence-corrected chi connectivity index (χ3v) is 4.16. The van der Waals surface area contributed by atoms with Crippen molar-refractivity contribution in [1.29, 1.82) is 5.26 Å². The van der Waals surface area contributed by atoms with E-state index in [1.54, 1.807) is 6.20 Å². The van der Waals surface area contributed by atoms with Gasteiger partial charge in [0.1, 0.15) is 0 Å². The number of pyridine rings is 1. The molecule has 0 bridgehead atoms. The summed E-state index contributed by atoms with van der Waals surface area (Å²) in [5, 5.41) is 9.56. The zero-order valence-corrected chi connectivity index (χ0v) is 14.1. The lowest BCUT2D eigenvalue weighted by atomic mass is 10.0. The summed E-state index contributed by atoms with van der Waals surface area (Å²) in [7, 11) is 0. The Labute approximate surface area is 142 Å². The van der Waals surface area contributed by atoms with E-state index in [9.17, 15) is 5.26 Å². The van der Waals surface area contributed by atoms with Gasteiger partial charge in [-0.25, -0.2) is 0 Å². The number of nitriles is 1. The van der Waals surface area contributed by atoms with E-state index in [1.807, 2.05) is 55.6 Å². The van der Waals surface area contributed by atoms with Crippen molar-refractivity contribution in [2.75, 3.05) is 0 Å². The molecule has 3 heteroatoms. The molecule has 0 saturated heterocycles. The predicted octanol–water partition coefficient (Wildman–Crippen LogP) is 4.86. The van der Waals surface area contributed by atoms with E-state index in [-0.39, 0.29) is 0 Å². The first kappa shape index (κ1) is 15.8. The molecule has 0 aliphatic carbocycles. The Morgan fingerprint density at radius 3 is 2.50 bits per heavy atom. The maximum Gasteiger partial charge on any atom is 0.0998 e. The van der Waals surface area contributed by atoms with Gasteiger partial charge in [0.25, 0.3) is 0 Å². The molecule has 3 rings (SSSR count). The van der Waals surface area contributed by atoms with E-state index in [0.717, 1.165) is 28.2 Å². The van der Waals surface area contributed by atoms with Crippen LogP contribution in [0.4, 0.5) is 0 Å². The van der Waals surface area contributed by atoms with Crippen molar-refractivity contribution < 1.29 is 0 Å². The molecular weight excluding hydrogens is 294 g/mol. The molecule has 2 aromatic heterocycles. The van der Waals surface area contributed by atoms with Crippen LogP contribution in [0.3, 0.4) is 0 Å². The third-order valence-electron chi connectivity index (χ3n) is 4.16. The molecule has 0 amide bonds. The fourth-order valence-electron chi connectivity index (χ4n) is 2.89. The fourth-order valence-corrected chi connectivity index (χ4v) is 2.89. The van der Waals surface area contributed by atoms with Gasteiger partial charge in [-0.05, 0) is 56.2 Å². The van der Waals surface area contributed by atoms with Gasteiger partial charge in [-0.1, -0.05) is 29.8 Å². The molecule has 0 aliphatic rings. The first-order valence-electron chi connectivity index (χ1n) is 7.88. The number of aromatic nitrogens is 2. The molecule has 0 aliphatic heterocycles. The number of hydrogen-bond acceptors (Lipinski definition) is 2. The number of rotatable bonds is 3. The minimum Gasteiger partial charge on any atom is -0.316 e. The van der Waals surface area contributed by atoms with Crippen molar-refractivity contribution in [3.8, 4) is 11.8 Å². The summed E-state index contributed by atoms with van der Waals surface area (Å²) in [6, 6.07) is 16.4. The van der Waals surface area contributed by atoms with Crippen LogP contribution in [0.2, 0.25) is 0 Å². The van der Waals surface area contributed by atoms with Gasteiger partial charge >= 0.3 is 0 Å². The monoisotopic (exact) mass is 313 g/mol. The molecule has 0 unspecified atom stereocenters. The predicted molar refractivity (Wildman–Crippen MR) is 97.7 cm³/mol. The lowest BCUT2D eigenvalue weighted by Crippen LogP contribution is -1.99. The summed E-state index contributed by atoms with van der Waals surface area (Å²) in [5.74, 6) is 0. The highest BCUT2D eigenvalue weighted by Gasteiger charge is 2.10. The maximum absolute atomic E-state index is 9.56. The average molecular weight is 313 g/mol. The van der Waals surface area contributed by atoms with E-state index in [4.69, 9.17) is 0 Å².